The summed E-state index contributed by atoms with van der Waals surface area (Å²) in [5.74, 6) is -0.135. The van der Waals surface area contributed by atoms with Gasteiger partial charge in [-0.3, -0.25) is 0 Å². The van der Waals surface area contributed by atoms with Gasteiger partial charge in [0.15, 0.2) is 0 Å². The monoisotopic (exact) mass is 265 g/mol. The van der Waals surface area contributed by atoms with Gasteiger partial charge >= 0.3 is 0 Å². The van der Waals surface area contributed by atoms with Crippen LogP contribution in [0.2, 0.25) is 0 Å². The van der Waals surface area contributed by atoms with E-state index in [1.165, 1.54) is 12.0 Å². The molecule has 0 aliphatic heterocycles. The predicted octanol–water partition coefficient (Wildman–Crippen LogP) is 4.48. The number of benzene rings is 1. The van der Waals surface area contributed by atoms with E-state index in [0.717, 1.165) is 37.9 Å². The molecule has 0 bridgehead atoms. The summed E-state index contributed by atoms with van der Waals surface area (Å²) in [5, 5.41) is 3.55. The Bertz CT molecular complexity index is 383. The zero-order valence-corrected chi connectivity index (χ0v) is 12.9. The SMILES string of the molecule is CCCNCC(CC)(CC)Cc1ccc(F)cc1C. The van der Waals surface area contributed by atoms with Gasteiger partial charge in [-0.2, -0.15) is 0 Å². The molecule has 0 fully saturated rings. The molecule has 0 spiro atoms. The van der Waals surface area contributed by atoms with Crippen LogP contribution in [0.4, 0.5) is 4.39 Å². The summed E-state index contributed by atoms with van der Waals surface area (Å²) in [6, 6.07) is 5.17. The molecule has 0 aliphatic carbocycles. The largest absolute Gasteiger partial charge is 0.316 e. The fourth-order valence-corrected chi connectivity index (χ4v) is 2.60. The molecule has 1 N–H and O–H groups in total. The highest BCUT2D eigenvalue weighted by Crippen LogP contribution is 2.31. The van der Waals surface area contributed by atoms with Crippen molar-refractivity contribution in [2.45, 2.75) is 53.4 Å². The Morgan fingerprint density at radius 2 is 1.84 bits per heavy atom. The maximum absolute atomic E-state index is 13.2. The van der Waals surface area contributed by atoms with Gasteiger partial charge in [0.1, 0.15) is 5.82 Å². The van der Waals surface area contributed by atoms with E-state index in [9.17, 15) is 4.39 Å². The number of aryl methyl sites for hydroxylation is 1. The highest BCUT2D eigenvalue weighted by atomic mass is 19.1. The molecule has 0 radical (unpaired) electrons. The summed E-state index contributed by atoms with van der Waals surface area (Å²) in [5.41, 5.74) is 2.64. The first-order valence-electron chi connectivity index (χ1n) is 7.52. The minimum absolute atomic E-state index is 0.135. The maximum Gasteiger partial charge on any atom is 0.123 e. The average Bonchev–Trinajstić information content (AvgIpc) is 2.41. The van der Waals surface area contributed by atoms with Gasteiger partial charge < -0.3 is 5.32 Å². The van der Waals surface area contributed by atoms with Crippen LogP contribution in [0.1, 0.15) is 51.2 Å². The van der Waals surface area contributed by atoms with Gasteiger partial charge in [0.2, 0.25) is 0 Å². The van der Waals surface area contributed by atoms with Crippen molar-refractivity contribution < 1.29 is 4.39 Å². The molecule has 1 aromatic carbocycles. The second-order valence-electron chi connectivity index (χ2n) is 5.63. The lowest BCUT2D eigenvalue weighted by Crippen LogP contribution is -2.36. The minimum atomic E-state index is -0.135. The van der Waals surface area contributed by atoms with Crippen LogP contribution in [0.3, 0.4) is 0 Å². The van der Waals surface area contributed by atoms with Crippen molar-refractivity contribution in [2.75, 3.05) is 13.1 Å². The Labute approximate surface area is 117 Å². The van der Waals surface area contributed by atoms with Crippen LogP contribution in [0.5, 0.6) is 0 Å². The quantitative estimate of drug-likeness (QED) is 0.683. The Kier molecular flexibility index (Phi) is 6.50. The van der Waals surface area contributed by atoms with Gasteiger partial charge in [-0.05, 0) is 67.8 Å². The second-order valence-corrected chi connectivity index (χ2v) is 5.63. The summed E-state index contributed by atoms with van der Waals surface area (Å²) in [6.07, 6.45) is 4.50. The van der Waals surface area contributed by atoms with Crippen molar-refractivity contribution in [2.24, 2.45) is 5.41 Å². The molecule has 0 aromatic heterocycles. The van der Waals surface area contributed by atoms with Crippen LogP contribution < -0.4 is 5.32 Å². The van der Waals surface area contributed by atoms with Crippen LogP contribution >= 0.6 is 0 Å². The standard InChI is InChI=1S/C17H28FN/c1-5-10-19-13-17(6-2,7-3)12-15-8-9-16(18)11-14(15)4/h8-9,11,19H,5-7,10,12-13H2,1-4H3. The topological polar surface area (TPSA) is 12.0 Å². The third-order valence-corrected chi connectivity index (χ3v) is 4.30. The first kappa shape index (κ1) is 16.2. The summed E-state index contributed by atoms with van der Waals surface area (Å²) in [4.78, 5) is 0. The van der Waals surface area contributed by atoms with Crippen molar-refractivity contribution in [3.63, 3.8) is 0 Å². The normalized spacial score (nSPS) is 11.8. The molecule has 0 aliphatic rings. The Morgan fingerprint density at radius 1 is 1.16 bits per heavy atom. The predicted molar refractivity (Wildman–Crippen MR) is 81.0 cm³/mol. The summed E-state index contributed by atoms with van der Waals surface area (Å²) in [6.45, 7) is 10.8. The number of hydrogen-bond acceptors (Lipinski definition) is 1. The lowest BCUT2D eigenvalue weighted by atomic mass is 9.76. The molecule has 1 rings (SSSR count). The molecule has 1 nitrogen and oxygen atoms in total. The molecule has 1 aromatic rings. The van der Waals surface area contributed by atoms with Gasteiger partial charge in [-0.15, -0.1) is 0 Å². The van der Waals surface area contributed by atoms with E-state index < -0.39 is 0 Å². The Hall–Kier alpha value is -0.890. The molecule has 0 saturated carbocycles. The van der Waals surface area contributed by atoms with E-state index in [-0.39, 0.29) is 11.2 Å². The number of rotatable bonds is 8. The van der Waals surface area contributed by atoms with E-state index in [2.05, 4.69) is 26.1 Å². The Balaban J connectivity index is 2.81. The van der Waals surface area contributed by atoms with Crippen LogP contribution in [0.25, 0.3) is 0 Å². The second kappa shape index (κ2) is 7.64. The van der Waals surface area contributed by atoms with Gasteiger partial charge in [0.25, 0.3) is 0 Å². The molecular formula is C17H28FN. The van der Waals surface area contributed by atoms with Crippen molar-refractivity contribution in [3.8, 4) is 0 Å². The van der Waals surface area contributed by atoms with Crippen LogP contribution in [-0.2, 0) is 6.42 Å². The smallest absolute Gasteiger partial charge is 0.123 e. The van der Waals surface area contributed by atoms with E-state index >= 15 is 0 Å². The molecule has 0 amide bonds. The third kappa shape index (κ3) is 4.61. The zero-order chi connectivity index (χ0) is 14.3. The van der Waals surface area contributed by atoms with Crippen molar-refractivity contribution >= 4 is 0 Å². The lowest BCUT2D eigenvalue weighted by Gasteiger charge is -2.33. The van der Waals surface area contributed by atoms with Crippen LogP contribution in [-0.4, -0.2) is 13.1 Å². The fraction of sp³-hybridized carbons (Fsp3) is 0.647. The summed E-state index contributed by atoms with van der Waals surface area (Å²) < 4.78 is 13.2. The van der Waals surface area contributed by atoms with Crippen LogP contribution in [0.15, 0.2) is 18.2 Å². The molecule has 19 heavy (non-hydrogen) atoms. The lowest BCUT2D eigenvalue weighted by molar-refractivity contribution is 0.246. The van der Waals surface area contributed by atoms with Crippen LogP contribution in [0, 0.1) is 18.2 Å². The Morgan fingerprint density at radius 3 is 2.37 bits per heavy atom. The highest BCUT2D eigenvalue weighted by molar-refractivity contribution is 5.27. The molecule has 0 heterocycles. The first-order chi connectivity index (χ1) is 9.06. The number of hydrogen-bond donors (Lipinski definition) is 1. The van der Waals surface area contributed by atoms with E-state index in [1.807, 2.05) is 13.0 Å². The van der Waals surface area contributed by atoms with E-state index in [4.69, 9.17) is 0 Å². The third-order valence-electron chi connectivity index (χ3n) is 4.30. The van der Waals surface area contributed by atoms with Gasteiger partial charge in [-0.1, -0.05) is 26.8 Å². The van der Waals surface area contributed by atoms with Gasteiger partial charge in [0.05, 0.1) is 0 Å². The molecule has 0 unspecified atom stereocenters. The minimum Gasteiger partial charge on any atom is -0.316 e. The van der Waals surface area contributed by atoms with Gasteiger partial charge in [-0.25, -0.2) is 4.39 Å². The van der Waals surface area contributed by atoms with Crippen molar-refractivity contribution in [1.29, 1.82) is 0 Å². The first-order valence-corrected chi connectivity index (χ1v) is 7.52. The van der Waals surface area contributed by atoms with Gasteiger partial charge in [0, 0.05) is 6.54 Å². The van der Waals surface area contributed by atoms with E-state index in [1.54, 1.807) is 12.1 Å². The molecule has 2 heteroatoms. The highest BCUT2D eigenvalue weighted by Gasteiger charge is 2.26. The molecule has 0 saturated heterocycles. The number of halogens is 1. The van der Waals surface area contributed by atoms with Crippen molar-refractivity contribution in [1.82, 2.24) is 5.32 Å². The fourth-order valence-electron chi connectivity index (χ4n) is 2.60. The zero-order valence-electron chi connectivity index (χ0n) is 12.9. The molecular weight excluding hydrogens is 237 g/mol. The average molecular weight is 265 g/mol. The molecule has 0 atom stereocenters. The summed E-state index contributed by atoms with van der Waals surface area (Å²) in [7, 11) is 0. The van der Waals surface area contributed by atoms with Crippen molar-refractivity contribution in [3.05, 3.63) is 35.1 Å². The number of nitrogens with one attached hydrogen (secondary N) is 1. The van der Waals surface area contributed by atoms with E-state index in [0.29, 0.717) is 0 Å². The maximum atomic E-state index is 13.2. The summed E-state index contributed by atoms with van der Waals surface area (Å²) >= 11 is 0. The molecule has 108 valence electrons.